The molecule has 0 aliphatic rings. The molecular weight excluding hydrogens is 224 g/mol. The van der Waals surface area contributed by atoms with E-state index in [2.05, 4.69) is 0 Å². The molecule has 0 aliphatic carbocycles. The Morgan fingerprint density at radius 3 is 1.82 bits per heavy atom. The highest BCUT2D eigenvalue weighted by Crippen LogP contribution is 2.22. The maximum Gasteiger partial charge on any atom is 0.356 e. The highest BCUT2D eigenvalue weighted by Gasteiger charge is 2.42. The SMILES string of the molecule is COC(C)C(OC)(OC)OC(=O)C(C)=C(C)C. The fourth-order valence-electron chi connectivity index (χ4n) is 1.14. The van der Waals surface area contributed by atoms with Gasteiger partial charge < -0.3 is 18.9 Å². The lowest BCUT2D eigenvalue weighted by molar-refractivity contribution is -0.378. The van der Waals surface area contributed by atoms with Crippen LogP contribution in [0, 0.1) is 0 Å². The van der Waals surface area contributed by atoms with Crippen LogP contribution < -0.4 is 0 Å². The third-order valence-electron chi connectivity index (χ3n) is 2.71. The third-order valence-corrected chi connectivity index (χ3v) is 2.71. The predicted molar refractivity (Wildman–Crippen MR) is 63.4 cm³/mol. The monoisotopic (exact) mass is 246 g/mol. The maximum absolute atomic E-state index is 11.8. The van der Waals surface area contributed by atoms with Crippen molar-refractivity contribution in [2.24, 2.45) is 0 Å². The average Bonchev–Trinajstić information content (AvgIpc) is 2.33. The minimum absolute atomic E-state index is 0.488. The van der Waals surface area contributed by atoms with E-state index in [1.165, 1.54) is 21.3 Å². The average molecular weight is 246 g/mol. The second-order valence-electron chi connectivity index (χ2n) is 3.90. The van der Waals surface area contributed by atoms with E-state index in [1.807, 2.05) is 13.8 Å². The molecule has 0 saturated carbocycles. The van der Waals surface area contributed by atoms with Crippen molar-refractivity contribution in [3.63, 3.8) is 0 Å². The molecule has 0 heterocycles. The van der Waals surface area contributed by atoms with Gasteiger partial charge in [-0.15, -0.1) is 0 Å². The number of ether oxygens (including phenoxy) is 4. The van der Waals surface area contributed by atoms with Crippen LogP contribution >= 0.6 is 0 Å². The maximum atomic E-state index is 11.8. The highest BCUT2D eigenvalue weighted by molar-refractivity contribution is 5.88. The van der Waals surface area contributed by atoms with Crippen molar-refractivity contribution < 1.29 is 23.7 Å². The topological polar surface area (TPSA) is 54.0 Å². The molecule has 0 fully saturated rings. The molecule has 0 aromatic heterocycles. The Morgan fingerprint density at radius 1 is 1.06 bits per heavy atom. The Labute approximate surface area is 103 Å². The van der Waals surface area contributed by atoms with Crippen LogP contribution in [0.1, 0.15) is 27.7 Å². The Kier molecular flexibility index (Phi) is 6.37. The first kappa shape index (κ1) is 16.1. The Balaban J connectivity index is 5.02. The Bertz CT molecular complexity index is 287. The molecule has 0 aliphatic heterocycles. The summed E-state index contributed by atoms with van der Waals surface area (Å²) in [5.41, 5.74) is 1.40. The van der Waals surface area contributed by atoms with E-state index >= 15 is 0 Å². The standard InChI is InChI=1S/C12H22O5/c1-8(2)9(3)11(13)17-12(15-6,16-7)10(4)14-5/h10H,1-7H3. The lowest BCUT2D eigenvalue weighted by Gasteiger charge is -2.33. The first-order valence-corrected chi connectivity index (χ1v) is 5.35. The van der Waals surface area contributed by atoms with Crippen LogP contribution in [0.25, 0.3) is 0 Å². The number of carbonyl (C=O) groups is 1. The molecule has 0 spiro atoms. The summed E-state index contributed by atoms with van der Waals surface area (Å²) >= 11 is 0. The number of rotatable bonds is 6. The first-order chi connectivity index (χ1) is 7.84. The van der Waals surface area contributed by atoms with Crippen molar-refractivity contribution in [3.05, 3.63) is 11.1 Å². The van der Waals surface area contributed by atoms with Gasteiger partial charge in [0, 0.05) is 26.9 Å². The Morgan fingerprint density at radius 2 is 1.53 bits per heavy atom. The summed E-state index contributed by atoms with van der Waals surface area (Å²) in [4.78, 5) is 11.8. The molecule has 1 unspecified atom stereocenters. The van der Waals surface area contributed by atoms with Crippen LogP contribution in [0.2, 0.25) is 0 Å². The fraction of sp³-hybridized carbons (Fsp3) is 0.750. The van der Waals surface area contributed by atoms with Crippen molar-refractivity contribution >= 4 is 5.97 Å². The van der Waals surface area contributed by atoms with Gasteiger partial charge in [0.05, 0.1) is 0 Å². The molecule has 0 aromatic rings. The molecule has 17 heavy (non-hydrogen) atoms. The van der Waals surface area contributed by atoms with Gasteiger partial charge in [0.2, 0.25) is 0 Å². The van der Waals surface area contributed by atoms with Crippen molar-refractivity contribution in [1.82, 2.24) is 0 Å². The predicted octanol–water partition coefficient (Wildman–Crippen LogP) is 1.87. The lowest BCUT2D eigenvalue weighted by atomic mass is 10.2. The second kappa shape index (κ2) is 6.74. The first-order valence-electron chi connectivity index (χ1n) is 5.35. The van der Waals surface area contributed by atoms with Crippen LogP contribution in [0.4, 0.5) is 0 Å². The summed E-state index contributed by atoms with van der Waals surface area (Å²) in [5, 5.41) is 0. The smallest absolute Gasteiger partial charge is 0.356 e. The number of carbonyl (C=O) groups excluding carboxylic acids is 1. The molecule has 0 bridgehead atoms. The van der Waals surface area contributed by atoms with Crippen molar-refractivity contribution in [2.75, 3.05) is 21.3 Å². The summed E-state index contributed by atoms with van der Waals surface area (Å²) < 4.78 is 20.6. The number of esters is 1. The van der Waals surface area contributed by atoms with E-state index < -0.39 is 18.0 Å². The van der Waals surface area contributed by atoms with E-state index in [0.29, 0.717) is 5.57 Å². The van der Waals surface area contributed by atoms with Crippen LogP contribution in [0.3, 0.4) is 0 Å². The molecule has 5 heteroatoms. The van der Waals surface area contributed by atoms with E-state index in [4.69, 9.17) is 18.9 Å². The quantitative estimate of drug-likeness (QED) is 0.407. The Hall–Kier alpha value is -0.910. The molecule has 1 atom stereocenters. The van der Waals surface area contributed by atoms with E-state index in [0.717, 1.165) is 5.57 Å². The summed E-state index contributed by atoms with van der Waals surface area (Å²) in [6.07, 6.45) is -0.550. The number of methoxy groups -OCH3 is 3. The second-order valence-corrected chi connectivity index (χ2v) is 3.90. The van der Waals surface area contributed by atoms with Gasteiger partial charge in [0.25, 0.3) is 0 Å². The van der Waals surface area contributed by atoms with Crippen LogP contribution in [0.15, 0.2) is 11.1 Å². The summed E-state index contributed by atoms with van der Waals surface area (Å²) in [5.74, 6) is -2.01. The molecular formula is C12H22O5. The summed E-state index contributed by atoms with van der Waals surface area (Å²) in [7, 11) is 4.27. The highest BCUT2D eigenvalue weighted by atomic mass is 16.9. The molecule has 0 amide bonds. The van der Waals surface area contributed by atoms with Crippen molar-refractivity contribution in [3.8, 4) is 0 Å². The van der Waals surface area contributed by atoms with Crippen molar-refractivity contribution in [2.45, 2.75) is 39.8 Å². The molecule has 0 aromatic carbocycles. The molecule has 100 valence electrons. The molecule has 0 radical (unpaired) electrons. The van der Waals surface area contributed by atoms with Gasteiger partial charge in [0.15, 0.2) is 0 Å². The van der Waals surface area contributed by atoms with E-state index in [9.17, 15) is 4.79 Å². The fourth-order valence-corrected chi connectivity index (χ4v) is 1.14. The number of allylic oxidation sites excluding steroid dienone is 1. The van der Waals surface area contributed by atoms with Crippen LogP contribution in [0.5, 0.6) is 0 Å². The molecule has 0 N–H and O–H groups in total. The zero-order chi connectivity index (χ0) is 13.6. The zero-order valence-corrected chi connectivity index (χ0v) is 11.6. The largest absolute Gasteiger partial charge is 0.402 e. The van der Waals surface area contributed by atoms with Gasteiger partial charge in [-0.1, -0.05) is 5.57 Å². The van der Waals surface area contributed by atoms with Gasteiger partial charge in [-0.25, -0.2) is 4.79 Å². The summed E-state index contributed by atoms with van der Waals surface area (Å²) in [6.45, 7) is 7.04. The van der Waals surface area contributed by atoms with Crippen LogP contribution in [-0.2, 0) is 23.7 Å². The van der Waals surface area contributed by atoms with Gasteiger partial charge in [-0.05, 0) is 27.7 Å². The zero-order valence-electron chi connectivity index (χ0n) is 11.6. The van der Waals surface area contributed by atoms with Crippen LogP contribution in [-0.4, -0.2) is 39.4 Å². The summed E-state index contributed by atoms with van der Waals surface area (Å²) in [6, 6.07) is 0. The number of hydrogen-bond acceptors (Lipinski definition) is 5. The molecule has 5 nitrogen and oxygen atoms in total. The molecule has 0 rings (SSSR count). The minimum atomic E-state index is -1.53. The molecule has 0 saturated heterocycles. The third kappa shape index (κ3) is 3.80. The number of hydrogen-bond donors (Lipinski definition) is 0. The minimum Gasteiger partial charge on any atom is -0.402 e. The van der Waals surface area contributed by atoms with Crippen molar-refractivity contribution in [1.29, 1.82) is 0 Å². The lowest BCUT2D eigenvalue weighted by Crippen LogP contribution is -2.49. The van der Waals surface area contributed by atoms with Gasteiger partial charge in [-0.2, -0.15) is 0 Å². The van der Waals surface area contributed by atoms with E-state index in [1.54, 1.807) is 13.8 Å². The van der Waals surface area contributed by atoms with E-state index in [-0.39, 0.29) is 0 Å². The van der Waals surface area contributed by atoms with Gasteiger partial charge >= 0.3 is 11.9 Å². The normalized spacial score (nSPS) is 13.1. The van der Waals surface area contributed by atoms with Gasteiger partial charge in [-0.3, -0.25) is 0 Å². The van der Waals surface area contributed by atoms with Gasteiger partial charge in [0.1, 0.15) is 6.10 Å².